The van der Waals surface area contributed by atoms with Crippen LogP contribution in [0.15, 0.2) is 29.3 Å². The van der Waals surface area contributed by atoms with Gasteiger partial charge in [-0.2, -0.15) is 0 Å². The Morgan fingerprint density at radius 1 is 1.19 bits per heavy atom. The zero-order valence-electron chi connectivity index (χ0n) is 13.3. The number of para-hydroxylation sites is 1. The molecule has 0 bridgehead atoms. The van der Waals surface area contributed by atoms with Crippen molar-refractivity contribution in [2.45, 2.75) is 46.7 Å². The van der Waals surface area contributed by atoms with Gasteiger partial charge in [-0.05, 0) is 46.2 Å². The van der Waals surface area contributed by atoms with E-state index in [2.05, 4.69) is 4.99 Å². The molecule has 0 atom stereocenters. The highest BCUT2D eigenvalue weighted by atomic mass is 32.2. The Morgan fingerprint density at radius 3 is 2.43 bits per heavy atom. The molecular formula is C16H23N3OS. The minimum Gasteiger partial charge on any atom is -0.284 e. The third-order valence-corrected chi connectivity index (χ3v) is 4.20. The van der Waals surface area contributed by atoms with Crippen LogP contribution in [0.2, 0.25) is 0 Å². The average molecular weight is 305 g/mol. The summed E-state index contributed by atoms with van der Waals surface area (Å²) < 4.78 is 0. The number of amides is 2. The van der Waals surface area contributed by atoms with E-state index in [9.17, 15) is 4.79 Å². The Bertz CT molecular complexity index is 554. The van der Waals surface area contributed by atoms with Gasteiger partial charge in [-0.1, -0.05) is 30.0 Å². The second-order valence-electron chi connectivity index (χ2n) is 5.74. The quantitative estimate of drug-likeness (QED) is 0.843. The van der Waals surface area contributed by atoms with Gasteiger partial charge in [-0.25, -0.2) is 4.79 Å². The predicted molar refractivity (Wildman–Crippen MR) is 91.1 cm³/mol. The van der Waals surface area contributed by atoms with Crippen LogP contribution in [0.4, 0.5) is 10.5 Å². The Labute approximate surface area is 131 Å². The van der Waals surface area contributed by atoms with Gasteiger partial charge in [0.25, 0.3) is 0 Å². The van der Waals surface area contributed by atoms with Gasteiger partial charge in [-0.15, -0.1) is 0 Å². The number of carbonyl (C=O) groups excluding carboxylic acids is 1. The van der Waals surface area contributed by atoms with Crippen molar-refractivity contribution in [1.82, 2.24) is 4.90 Å². The van der Waals surface area contributed by atoms with Crippen molar-refractivity contribution in [1.29, 1.82) is 0 Å². The first-order valence-electron chi connectivity index (χ1n) is 7.28. The molecule has 1 heterocycles. The molecule has 21 heavy (non-hydrogen) atoms. The van der Waals surface area contributed by atoms with Crippen LogP contribution in [0.25, 0.3) is 0 Å². The Morgan fingerprint density at radius 2 is 1.86 bits per heavy atom. The molecule has 2 amide bonds. The number of benzene rings is 1. The lowest BCUT2D eigenvalue weighted by molar-refractivity contribution is 0.220. The van der Waals surface area contributed by atoms with Crippen LogP contribution in [0.3, 0.4) is 0 Å². The van der Waals surface area contributed by atoms with Gasteiger partial charge in [0.05, 0.1) is 5.88 Å². The molecule has 5 heteroatoms. The van der Waals surface area contributed by atoms with Gasteiger partial charge in [-0.3, -0.25) is 14.8 Å². The number of rotatable bonds is 3. The maximum Gasteiger partial charge on any atom is 0.331 e. The number of anilines is 1. The highest BCUT2D eigenvalue weighted by molar-refractivity contribution is 8.14. The average Bonchev–Trinajstić information content (AvgIpc) is 2.39. The minimum atomic E-state index is 0.0115. The molecule has 0 spiro atoms. The molecule has 0 aromatic heterocycles. The predicted octanol–water partition coefficient (Wildman–Crippen LogP) is 4.10. The third kappa shape index (κ3) is 3.40. The number of hydrogen-bond acceptors (Lipinski definition) is 3. The summed E-state index contributed by atoms with van der Waals surface area (Å²) in [7, 11) is 0. The molecule has 0 saturated carbocycles. The van der Waals surface area contributed by atoms with Crippen LogP contribution in [0.5, 0.6) is 0 Å². The molecule has 0 N–H and O–H groups in total. The molecule has 0 radical (unpaired) electrons. The lowest BCUT2D eigenvalue weighted by Gasteiger charge is -2.38. The summed E-state index contributed by atoms with van der Waals surface area (Å²) in [6.45, 7) is 10.1. The third-order valence-electron chi connectivity index (χ3n) is 3.26. The normalized spacial score (nSPS) is 18.2. The van der Waals surface area contributed by atoms with Crippen molar-refractivity contribution in [2.75, 3.05) is 10.8 Å². The van der Waals surface area contributed by atoms with Crippen molar-refractivity contribution in [3.05, 3.63) is 29.8 Å². The molecule has 1 fully saturated rings. The smallest absolute Gasteiger partial charge is 0.284 e. The van der Waals surface area contributed by atoms with Crippen molar-refractivity contribution in [3.8, 4) is 0 Å². The van der Waals surface area contributed by atoms with Crippen LogP contribution >= 0.6 is 11.8 Å². The number of amidine groups is 1. The molecular weight excluding hydrogens is 282 g/mol. The van der Waals surface area contributed by atoms with E-state index in [0.29, 0.717) is 5.88 Å². The Hall–Kier alpha value is -1.49. The summed E-state index contributed by atoms with van der Waals surface area (Å²) in [6, 6.07) is 8.28. The fourth-order valence-electron chi connectivity index (χ4n) is 2.26. The lowest BCUT2D eigenvalue weighted by Crippen LogP contribution is -2.53. The monoisotopic (exact) mass is 305 g/mol. The number of hydrogen-bond donors (Lipinski definition) is 0. The van der Waals surface area contributed by atoms with Crippen molar-refractivity contribution >= 4 is 28.6 Å². The first-order chi connectivity index (χ1) is 9.91. The first-order valence-corrected chi connectivity index (χ1v) is 8.27. The van der Waals surface area contributed by atoms with Crippen molar-refractivity contribution in [3.63, 3.8) is 0 Å². The van der Waals surface area contributed by atoms with E-state index >= 15 is 0 Å². The van der Waals surface area contributed by atoms with Gasteiger partial charge in [0.1, 0.15) is 0 Å². The van der Waals surface area contributed by atoms with Crippen LogP contribution in [0, 0.1) is 6.92 Å². The number of carbonyl (C=O) groups is 1. The van der Waals surface area contributed by atoms with Crippen molar-refractivity contribution < 1.29 is 4.79 Å². The molecule has 4 nitrogen and oxygen atoms in total. The first kappa shape index (κ1) is 15.9. The summed E-state index contributed by atoms with van der Waals surface area (Å²) in [5.74, 6) is 0.610. The summed E-state index contributed by atoms with van der Waals surface area (Å²) in [6.07, 6.45) is 0. The number of nitrogens with zero attached hydrogens (tertiary/aromatic N) is 3. The van der Waals surface area contributed by atoms with Crippen LogP contribution in [-0.2, 0) is 0 Å². The van der Waals surface area contributed by atoms with Gasteiger partial charge in [0.15, 0.2) is 5.17 Å². The molecule has 1 aromatic rings. The van der Waals surface area contributed by atoms with Crippen LogP contribution in [-0.4, -0.2) is 34.1 Å². The van der Waals surface area contributed by atoms with E-state index < -0.39 is 0 Å². The van der Waals surface area contributed by atoms with Crippen molar-refractivity contribution in [2.24, 2.45) is 4.99 Å². The second-order valence-corrected chi connectivity index (χ2v) is 6.65. The lowest BCUT2D eigenvalue weighted by atomic mass is 10.2. The van der Waals surface area contributed by atoms with Gasteiger partial charge in [0, 0.05) is 17.8 Å². The van der Waals surface area contributed by atoms with Crippen LogP contribution in [0.1, 0.15) is 33.3 Å². The molecule has 1 aliphatic heterocycles. The van der Waals surface area contributed by atoms with E-state index in [4.69, 9.17) is 0 Å². The van der Waals surface area contributed by atoms with E-state index in [1.165, 1.54) is 0 Å². The summed E-state index contributed by atoms with van der Waals surface area (Å²) in [4.78, 5) is 21.1. The topological polar surface area (TPSA) is 35.9 Å². The summed E-state index contributed by atoms with van der Waals surface area (Å²) in [5, 5.41) is 0.829. The highest BCUT2D eigenvalue weighted by Gasteiger charge is 2.34. The molecule has 1 saturated heterocycles. The minimum absolute atomic E-state index is 0.0115. The Balaban J connectivity index is 2.35. The standard InChI is InChI=1S/C16H23N3OS/c1-11(2)17-15-19(12(3)4)16(20)18(10-21-15)14-9-7-6-8-13(14)5/h6-9,11-12H,10H2,1-5H3. The highest BCUT2D eigenvalue weighted by Crippen LogP contribution is 2.29. The maximum absolute atomic E-state index is 12.9. The van der Waals surface area contributed by atoms with Crippen LogP contribution < -0.4 is 4.90 Å². The molecule has 0 aliphatic carbocycles. The van der Waals surface area contributed by atoms with E-state index in [-0.39, 0.29) is 18.1 Å². The summed E-state index contributed by atoms with van der Waals surface area (Å²) >= 11 is 1.62. The summed E-state index contributed by atoms with van der Waals surface area (Å²) in [5.41, 5.74) is 2.09. The molecule has 1 aromatic carbocycles. The largest absolute Gasteiger partial charge is 0.331 e. The SMILES string of the molecule is Cc1ccccc1N1CSC(=NC(C)C)N(C(C)C)C1=O. The van der Waals surface area contributed by atoms with E-state index in [0.717, 1.165) is 16.4 Å². The van der Waals surface area contributed by atoms with E-state index in [1.54, 1.807) is 16.7 Å². The van der Waals surface area contributed by atoms with Gasteiger partial charge in [0.2, 0.25) is 0 Å². The maximum atomic E-state index is 12.9. The molecule has 0 unspecified atom stereocenters. The number of aliphatic imine (C=N–C) groups is 1. The molecule has 114 valence electrons. The zero-order chi connectivity index (χ0) is 15.6. The Kier molecular flexibility index (Phi) is 4.93. The fourth-order valence-corrected chi connectivity index (χ4v) is 3.47. The fraction of sp³-hybridized carbons (Fsp3) is 0.500. The zero-order valence-corrected chi connectivity index (χ0v) is 14.1. The van der Waals surface area contributed by atoms with Gasteiger partial charge < -0.3 is 0 Å². The number of aryl methyl sites for hydroxylation is 1. The molecule has 2 rings (SSSR count). The second kappa shape index (κ2) is 6.52. The number of thioether (sulfide) groups is 1. The number of urea groups is 1. The van der Waals surface area contributed by atoms with E-state index in [1.807, 2.05) is 63.8 Å². The molecule has 1 aliphatic rings. The van der Waals surface area contributed by atoms with Gasteiger partial charge >= 0.3 is 6.03 Å².